The maximum atomic E-state index is 12.9. The highest BCUT2D eigenvalue weighted by molar-refractivity contribution is 6.46. The van der Waals surface area contributed by atoms with Gasteiger partial charge in [0, 0.05) is 30.8 Å². The first-order chi connectivity index (χ1) is 14.4. The van der Waals surface area contributed by atoms with Gasteiger partial charge < -0.3 is 24.6 Å². The summed E-state index contributed by atoms with van der Waals surface area (Å²) in [5, 5.41) is 21.6. The van der Waals surface area contributed by atoms with Crippen LogP contribution in [0.5, 0.6) is 11.5 Å². The van der Waals surface area contributed by atoms with Gasteiger partial charge in [0.05, 0.1) is 18.7 Å². The van der Waals surface area contributed by atoms with Gasteiger partial charge in [-0.25, -0.2) is 0 Å². The third kappa shape index (κ3) is 4.13. The quantitative estimate of drug-likeness (QED) is 0.301. The van der Waals surface area contributed by atoms with Gasteiger partial charge in [-0.15, -0.1) is 0 Å². The van der Waals surface area contributed by atoms with E-state index in [1.807, 2.05) is 0 Å². The monoisotopic (exact) mass is 431 g/mol. The number of aromatic hydroxyl groups is 1. The molecule has 2 N–H and O–H groups in total. The van der Waals surface area contributed by atoms with Crippen LogP contribution in [0.15, 0.2) is 48.0 Å². The Kier molecular flexibility index (Phi) is 6.64. The van der Waals surface area contributed by atoms with Gasteiger partial charge in [0.25, 0.3) is 11.7 Å². The number of halogens is 1. The van der Waals surface area contributed by atoms with Gasteiger partial charge in [-0.3, -0.25) is 9.59 Å². The molecular formula is C22H22ClNO6. The largest absolute Gasteiger partial charge is 0.507 e. The lowest BCUT2D eigenvalue weighted by molar-refractivity contribution is -0.140. The Morgan fingerprint density at radius 3 is 2.43 bits per heavy atom. The number of benzene rings is 2. The summed E-state index contributed by atoms with van der Waals surface area (Å²) in [5.41, 5.74) is 0.779. The Balaban J connectivity index is 2.13. The number of phenols is 1. The minimum atomic E-state index is -0.866. The number of carbonyl (C=O) groups is 2. The van der Waals surface area contributed by atoms with Crippen molar-refractivity contribution in [2.45, 2.75) is 12.5 Å². The molecule has 0 radical (unpaired) electrons. The van der Waals surface area contributed by atoms with Crippen molar-refractivity contribution in [3.8, 4) is 11.5 Å². The molecule has 1 heterocycles. The van der Waals surface area contributed by atoms with E-state index in [2.05, 4.69) is 0 Å². The van der Waals surface area contributed by atoms with E-state index in [0.717, 1.165) is 0 Å². The number of carbonyl (C=O) groups excluding carboxylic acids is 2. The molecule has 0 aliphatic carbocycles. The van der Waals surface area contributed by atoms with Crippen LogP contribution in [0.2, 0.25) is 5.02 Å². The Hall–Kier alpha value is -3.03. The first-order valence-corrected chi connectivity index (χ1v) is 9.67. The van der Waals surface area contributed by atoms with Crippen molar-refractivity contribution >= 4 is 29.1 Å². The second kappa shape index (κ2) is 9.19. The molecule has 0 spiro atoms. The molecule has 0 bridgehead atoms. The molecule has 1 saturated heterocycles. The van der Waals surface area contributed by atoms with Crippen LogP contribution in [-0.4, -0.2) is 54.2 Å². The van der Waals surface area contributed by atoms with Gasteiger partial charge in [0.1, 0.15) is 5.76 Å². The molecule has 0 aromatic heterocycles. The van der Waals surface area contributed by atoms with Gasteiger partial charge in [0.15, 0.2) is 11.5 Å². The van der Waals surface area contributed by atoms with E-state index >= 15 is 0 Å². The summed E-state index contributed by atoms with van der Waals surface area (Å²) in [5.74, 6) is -1.70. The zero-order valence-corrected chi connectivity index (χ0v) is 17.3. The van der Waals surface area contributed by atoms with Crippen molar-refractivity contribution in [1.29, 1.82) is 0 Å². The molecule has 158 valence electrons. The summed E-state index contributed by atoms with van der Waals surface area (Å²) in [6.07, 6.45) is 0.503. The molecule has 0 saturated carbocycles. The van der Waals surface area contributed by atoms with Crippen LogP contribution in [0.25, 0.3) is 5.76 Å². The number of rotatable bonds is 7. The molecule has 3 rings (SSSR count). The van der Waals surface area contributed by atoms with Crippen LogP contribution in [0.4, 0.5) is 0 Å². The molecule has 2 aromatic rings. The number of hydrogen-bond donors (Lipinski definition) is 2. The van der Waals surface area contributed by atoms with Crippen molar-refractivity contribution in [2.24, 2.45) is 0 Å². The molecule has 1 aliphatic heterocycles. The van der Waals surface area contributed by atoms with E-state index in [1.54, 1.807) is 43.5 Å². The highest BCUT2D eigenvalue weighted by Crippen LogP contribution is 2.41. The van der Waals surface area contributed by atoms with Crippen molar-refractivity contribution in [2.75, 3.05) is 27.4 Å². The molecule has 1 fully saturated rings. The van der Waals surface area contributed by atoms with Crippen molar-refractivity contribution in [1.82, 2.24) is 4.90 Å². The van der Waals surface area contributed by atoms with Gasteiger partial charge in [-0.1, -0.05) is 17.7 Å². The lowest BCUT2D eigenvalue weighted by Gasteiger charge is -2.25. The van der Waals surface area contributed by atoms with Crippen LogP contribution >= 0.6 is 11.6 Å². The molecular weight excluding hydrogens is 410 g/mol. The van der Waals surface area contributed by atoms with Gasteiger partial charge in [0.2, 0.25) is 0 Å². The normalized spacial score (nSPS) is 18.1. The first kappa shape index (κ1) is 21.7. The topological polar surface area (TPSA) is 96.3 Å². The lowest BCUT2D eigenvalue weighted by atomic mass is 9.95. The highest BCUT2D eigenvalue weighted by atomic mass is 35.5. The van der Waals surface area contributed by atoms with Crippen LogP contribution in [0.1, 0.15) is 23.6 Å². The number of hydrogen-bond acceptors (Lipinski definition) is 6. The minimum absolute atomic E-state index is 0.0516. The summed E-state index contributed by atoms with van der Waals surface area (Å²) in [4.78, 5) is 27.0. The molecule has 8 heteroatoms. The number of nitrogens with zero attached hydrogens (tertiary/aromatic N) is 1. The summed E-state index contributed by atoms with van der Waals surface area (Å²) in [6, 6.07) is 10.1. The molecule has 30 heavy (non-hydrogen) atoms. The second-order valence-electron chi connectivity index (χ2n) is 6.78. The summed E-state index contributed by atoms with van der Waals surface area (Å²) < 4.78 is 10.1. The van der Waals surface area contributed by atoms with Crippen LogP contribution in [0, 0.1) is 0 Å². The fourth-order valence-electron chi connectivity index (χ4n) is 3.48. The molecule has 1 amide bonds. The molecule has 1 aliphatic rings. The van der Waals surface area contributed by atoms with E-state index < -0.39 is 17.7 Å². The fourth-order valence-corrected chi connectivity index (χ4v) is 3.60. The minimum Gasteiger partial charge on any atom is -0.507 e. The van der Waals surface area contributed by atoms with Gasteiger partial charge >= 0.3 is 0 Å². The number of methoxy groups -OCH3 is 2. The molecule has 1 unspecified atom stereocenters. The Bertz CT molecular complexity index is 986. The predicted molar refractivity (Wildman–Crippen MR) is 112 cm³/mol. The van der Waals surface area contributed by atoms with Crippen molar-refractivity contribution < 1.29 is 29.3 Å². The summed E-state index contributed by atoms with van der Waals surface area (Å²) in [7, 11) is 2.97. The standard InChI is InChI=1S/C22H22ClNO6/c1-29-11-3-10-24-19(14-6-9-17(30-2)16(25)12-14)18(21(27)22(24)28)20(26)13-4-7-15(23)8-5-13/h4-9,12,19,25-26H,3,10-11H2,1-2H3/b20-18-. The second-order valence-corrected chi connectivity index (χ2v) is 7.21. The van der Waals surface area contributed by atoms with Gasteiger partial charge in [-0.2, -0.15) is 0 Å². The fraction of sp³-hybridized carbons (Fsp3) is 0.273. The lowest BCUT2D eigenvalue weighted by Crippen LogP contribution is -2.31. The highest BCUT2D eigenvalue weighted by Gasteiger charge is 2.46. The van der Waals surface area contributed by atoms with Crippen LogP contribution in [0.3, 0.4) is 0 Å². The third-order valence-electron chi connectivity index (χ3n) is 4.92. The van der Waals surface area contributed by atoms with Gasteiger partial charge in [-0.05, 0) is 48.4 Å². The maximum Gasteiger partial charge on any atom is 0.295 e. The maximum absolute atomic E-state index is 12.9. The molecule has 2 aromatic carbocycles. The van der Waals surface area contributed by atoms with Crippen molar-refractivity contribution in [3.63, 3.8) is 0 Å². The number of Topliss-reactive ketones (excluding diaryl/α,β-unsaturated/α-hetero) is 1. The van der Waals surface area contributed by atoms with Crippen LogP contribution in [-0.2, 0) is 14.3 Å². The van der Waals surface area contributed by atoms with E-state index in [-0.39, 0.29) is 29.4 Å². The molecule has 7 nitrogen and oxygen atoms in total. The summed E-state index contributed by atoms with van der Waals surface area (Å²) >= 11 is 5.91. The Labute approximate surface area is 179 Å². The third-order valence-corrected chi connectivity index (χ3v) is 5.18. The smallest absolute Gasteiger partial charge is 0.295 e. The van der Waals surface area contributed by atoms with Crippen molar-refractivity contribution in [3.05, 3.63) is 64.2 Å². The van der Waals surface area contributed by atoms with E-state index in [0.29, 0.717) is 29.2 Å². The average molecular weight is 432 g/mol. The van der Waals surface area contributed by atoms with E-state index in [4.69, 9.17) is 21.1 Å². The number of aliphatic hydroxyl groups excluding tert-OH is 1. The summed E-state index contributed by atoms with van der Waals surface area (Å²) in [6.45, 7) is 0.647. The van der Waals surface area contributed by atoms with E-state index in [1.165, 1.54) is 18.1 Å². The first-order valence-electron chi connectivity index (χ1n) is 9.29. The number of ether oxygens (including phenoxy) is 2. The Morgan fingerprint density at radius 1 is 1.13 bits per heavy atom. The SMILES string of the molecule is COCCCN1C(=O)C(=O)/C(=C(\O)c2ccc(Cl)cc2)C1c1ccc(OC)c(O)c1. The zero-order chi connectivity index (χ0) is 21.8. The average Bonchev–Trinajstić information content (AvgIpc) is 2.99. The predicted octanol–water partition coefficient (Wildman–Crippen LogP) is 3.51. The van der Waals surface area contributed by atoms with E-state index in [9.17, 15) is 19.8 Å². The number of aliphatic hydroxyl groups is 1. The zero-order valence-electron chi connectivity index (χ0n) is 16.6. The number of likely N-dealkylation sites (tertiary alicyclic amines) is 1. The Morgan fingerprint density at radius 2 is 1.83 bits per heavy atom. The number of amides is 1. The number of ketones is 1. The van der Waals surface area contributed by atoms with Crippen LogP contribution < -0.4 is 4.74 Å². The molecule has 1 atom stereocenters. The number of phenolic OH excluding ortho intramolecular Hbond substituents is 1.